The molecule has 2 aromatic carbocycles. The van der Waals surface area contributed by atoms with Crippen molar-refractivity contribution in [2.75, 3.05) is 20.1 Å². The number of benzene rings is 2. The zero-order chi connectivity index (χ0) is 21.2. The van der Waals surface area contributed by atoms with Crippen LogP contribution in [-0.2, 0) is 19.7 Å². The molecule has 0 spiro atoms. The maximum Gasteiger partial charge on any atom is 0.173 e. The number of rotatable bonds is 7. The van der Waals surface area contributed by atoms with Crippen LogP contribution in [0.25, 0.3) is 0 Å². The molecule has 6 nitrogen and oxygen atoms in total. The highest BCUT2D eigenvalue weighted by Crippen LogP contribution is 2.41. The highest BCUT2D eigenvalue weighted by molar-refractivity contribution is 8.77. The zero-order valence-electron chi connectivity index (χ0n) is 15.8. The van der Waals surface area contributed by atoms with Crippen molar-refractivity contribution >= 4 is 53.0 Å². The average Bonchev–Trinajstić information content (AvgIpc) is 3.27. The summed E-state index contributed by atoms with van der Waals surface area (Å²) in [7, 11) is -3.65. The summed E-state index contributed by atoms with van der Waals surface area (Å²) in [6.45, 7) is 0. The lowest BCUT2D eigenvalue weighted by molar-refractivity contribution is 0.603. The van der Waals surface area contributed by atoms with Crippen LogP contribution < -0.4 is 8.61 Å². The molecule has 0 fully saturated rings. The molecule has 10 heteroatoms. The Kier molecular flexibility index (Phi) is 6.19. The quantitative estimate of drug-likeness (QED) is 0.437. The predicted molar refractivity (Wildman–Crippen MR) is 126 cm³/mol. The molecular formula is C20H20N2O4S4. The molecule has 0 aromatic heterocycles. The largest absolute Gasteiger partial charge is 0.298 e. The van der Waals surface area contributed by atoms with E-state index in [1.165, 1.54) is 32.8 Å². The second kappa shape index (κ2) is 8.70. The molecule has 0 aliphatic carbocycles. The van der Waals surface area contributed by atoms with Crippen LogP contribution in [0.4, 0.5) is 11.4 Å². The van der Waals surface area contributed by atoms with Gasteiger partial charge >= 0.3 is 0 Å². The van der Waals surface area contributed by atoms with E-state index in [-0.39, 0.29) is 23.6 Å². The van der Waals surface area contributed by atoms with Crippen molar-refractivity contribution in [2.45, 2.75) is 12.1 Å². The fourth-order valence-corrected chi connectivity index (χ4v) is 8.62. The molecule has 0 amide bonds. The van der Waals surface area contributed by atoms with Crippen molar-refractivity contribution in [3.63, 3.8) is 0 Å². The number of nitrogens with zero attached hydrogens (tertiary/aromatic N) is 2. The van der Waals surface area contributed by atoms with Gasteiger partial charge in [-0.15, -0.1) is 0 Å². The molecule has 2 aliphatic heterocycles. The molecule has 2 aromatic rings. The molecule has 158 valence electrons. The second-order valence-corrected chi connectivity index (χ2v) is 12.8. The van der Waals surface area contributed by atoms with Gasteiger partial charge in [0.15, 0.2) is 19.7 Å². The van der Waals surface area contributed by atoms with E-state index in [0.29, 0.717) is 0 Å². The fraction of sp³-hybridized carbons (Fsp3) is 0.200. The summed E-state index contributed by atoms with van der Waals surface area (Å²) in [6, 6.07) is 18.5. The molecule has 0 saturated carbocycles. The van der Waals surface area contributed by atoms with Gasteiger partial charge in [0.25, 0.3) is 0 Å². The lowest BCUT2D eigenvalue weighted by Gasteiger charge is -2.32. The van der Waals surface area contributed by atoms with Gasteiger partial charge in [0.2, 0.25) is 0 Å². The minimum atomic E-state index is -3.22. The summed E-state index contributed by atoms with van der Waals surface area (Å²) in [5.41, 5.74) is 1.76. The van der Waals surface area contributed by atoms with E-state index in [2.05, 4.69) is 0 Å². The number of hydrogen-bond donors (Lipinski definition) is 0. The van der Waals surface area contributed by atoms with Gasteiger partial charge in [-0.1, -0.05) is 36.4 Å². The van der Waals surface area contributed by atoms with Gasteiger partial charge in [0.05, 0.1) is 23.6 Å². The van der Waals surface area contributed by atoms with Gasteiger partial charge in [-0.2, -0.15) is 0 Å². The van der Waals surface area contributed by atoms with E-state index >= 15 is 0 Å². The number of para-hydroxylation sites is 2. The van der Waals surface area contributed by atoms with Gasteiger partial charge in [0.1, 0.15) is 0 Å². The predicted octanol–water partition coefficient (Wildman–Crippen LogP) is 3.83. The van der Waals surface area contributed by atoms with Crippen molar-refractivity contribution in [3.05, 3.63) is 83.6 Å². The molecule has 30 heavy (non-hydrogen) atoms. The normalized spacial score (nSPS) is 23.5. The summed E-state index contributed by atoms with van der Waals surface area (Å²) in [4.78, 5) is 0. The van der Waals surface area contributed by atoms with Crippen molar-refractivity contribution in [3.8, 4) is 0 Å². The minimum Gasteiger partial charge on any atom is -0.298 e. The first-order chi connectivity index (χ1) is 14.3. The van der Waals surface area contributed by atoms with Gasteiger partial charge in [-0.25, -0.2) is 16.8 Å². The molecular weight excluding hydrogens is 460 g/mol. The number of hydrogen-bond acceptors (Lipinski definition) is 8. The van der Waals surface area contributed by atoms with Crippen molar-refractivity contribution < 1.29 is 16.8 Å². The van der Waals surface area contributed by atoms with Crippen molar-refractivity contribution in [2.24, 2.45) is 0 Å². The van der Waals surface area contributed by atoms with Crippen LogP contribution in [-0.4, -0.2) is 40.4 Å². The molecule has 2 aliphatic rings. The van der Waals surface area contributed by atoms with Gasteiger partial charge in [0, 0.05) is 44.2 Å². The summed E-state index contributed by atoms with van der Waals surface area (Å²) in [5.74, 6) is 0.0248. The van der Waals surface area contributed by atoms with Crippen LogP contribution in [0.15, 0.2) is 83.6 Å². The summed E-state index contributed by atoms with van der Waals surface area (Å²) >= 11 is 0. The molecule has 0 bridgehead atoms. The molecule has 2 heterocycles. The van der Waals surface area contributed by atoms with Crippen LogP contribution in [0.2, 0.25) is 0 Å². The van der Waals surface area contributed by atoms with Crippen LogP contribution in [0.1, 0.15) is 0 Å². The van der Waals surface area contributed by atoms with Crippen molar-refractivity contribution in [1.29, 1.82) is 0 Å². The highest BCUT2D eigenvalue weighted by Gasteiger charge is 2.32. The second-order valence-electron chi connectivity index (χ2n) is 6.92. The average molecular weight is 481 g/mol. The molecule has 2 atom stereocenters. The van der Waals surface area contributed by atoms with Crippen LogP contribution in [0, 0.1) is 0 Å². The van der Waals surface area contributed by atoms with E-state index in [0.717, 1.165) is 11.4 Å². The standard InChI is InChI=1S/C20H20N2O4S4/c23-29(24)13-11-19(15-29)21(17-7-3-1-4-8-17)27-28-22(18-9-5-2-6-10-18)20-12-14-30(25,26)16-20/h1-14,19-20H,15-16H2/t19-,20+. The zero-order valence-corrected chi connectivity index (χ0v) is 19.1. The Labute approximate surface area is 185 Å². The fourth-order valence-electron chi connectivity index (χ4n) is 3.21. The van der Waals surface area contributed by atoms with Gasteiger partial charge in [-0.05, 0) is 36.4 Å². The summed E-state index contributed by atoms with van der Waals surface area (Å²) in [6.07, 6.45) is 3.39. The number of anilines is 2. The topological polar surface area (TPSA) is 74.8 Å². The maximum atomic E-state index is 12.0. The van der Waals surface area contributed by atoms with Gasteiger partial charge in [-0.3, -0.25) is 8.61 Å². The van der Waals surface area contributed by atoms with E-state index in [1.807, 2.05) is 69.3 Å². The monoisotopic (exact) mass is 480 g/mol. The smallest absolute Gasteiger partial charge is 0.173 e. The Morgan fingerprint density at radius 1 is 0.633 bits per heavy atom. The Balaban J connectivity index is 1.60. The lowest BCUT2D eigenvalue weighted by atomic mass is 10.2. The summed E-state index contributed by atoms with van der Waals surface area (Å²) in [5, 5.41) is 2.53. The first-order valence-electron chi connectivity index (χ1n) is 9.18. The third kappa shape index (κ3) is 5.05. The van der Waals surface area contributed by atoms with Crippen molar-refractivity contribution in [1.82, 2.24) is 0 Å². The van der Waals surface area contributed by atoms with Crippen LogP contribution in [0.5, 0.6) is 0 Å². The molecule has 0 radical (unpaired) electrons. The Morgan fingerprint density at radius 2 is 1.00 bits per heavy atom. The Hall–Kier alpha value is -1.88. The SMILES string of the molecule is O=S1(=O)C=C[C@@H](N(SSN(c2ccccc2)[C@H]2C=CS(=O)(=O)C2)c2ccccc2)C1. The Bertz CT molecular complexity index is 1060. The van der Waals surface area contributed by atoms with E-state index < -0.39 is 19.7 Å². The third-order valence-corrected chi connectivity index (χ3v) is 9.91. The highest BCUT2D eigenvalue weighted by atomic mass is 33.1. The third-order valence-electron chi connectivity index (χ3n) is 4.64. The van der Waals surface area contributed by atoms with E-state index in [1.54, 1.807) is 12.2 Å². The van der Waals surface area contributed by atoms with Crippen LogP contribution >= 0.6 is 22.0 Å². The molecule has 0 N–H and O–H groups in total. The first-order valence-corrected chi connectivity index (χ1v) is 14.7. The molecule has 4 rings (SSSR count). The Morgan fingerprint density at radius 3 is 1.30 bits per heavy atom. The molecule has 0 saturated heterocycles. The van der Waals surface area contributed by atoms with Crippen LogP contribution in [0.3, 0.4) is 0 Å². The number of sulfone groups is 2. The van der Waals surface area contributed by atoms with Gasteiger partial charge < -0.3 is 0 Å². The lowest BCUT2D eigenvalue weighted by Crippen LogP contribution is -2.33. The molecule has 0 unspecified atom stereocenters. The van der Waals surface area contributed by atoms with E-state index in [9.17, 15) is 16.8 Å². The minimum absolute atomic E-state index is 0.0124. The van der Waals surface area contributed by atoms with E-state index in [4.69, 9.17) is 0 Å². The maximum absolute atomic E-state index is 12.0. The summed E-state index contributed by atoms with van der Waals surface area (Å²) < 4.78 is 51.9. The first kappa shape index (κ1) is 21.4.